The Morgan fingerprint density at radius 1 is 1.56 bits per heavy atom. The fourth-order valence-corrected chi connectivity index (χ4v) is 0.921. The van der Waals surface area contributed by atoms with Crippen molar-refractivity contribution in [2.24, 2.45) is 11.8 Å². The zero-order chi connectivity index (χ0) is 6.85. The van der Waals surface area contributed by atoms with Crippen molar-refractivity contribution in [1.29, 1.82) is 0 Å². The van der Waals surface area contributed by atoms with Gasteiger partial charge in [-0.2, -0.15) is 0 Å². The van der Waals surface area contributed by atoms with Crippen molar-refractivity contribution in [3.8, 4) is 0 Å². The Balaban J connectivity index is 2.32. The lowest BCUT2D eigenvalue weighted by Gasteiger charge is -2.29. The van der Waals surface area contributed by atoms with Crippen LogP contribution in [0.25, 0.3) is 0 Å². The SMILES string of the molecule is C=C(C(C)C)C1COC1. The molecule has 0 spiro atoms. The van der Waals surface area contributed by atoms with Crippen LogP contribution in [-0.4, -0.2) is 13.2 Å². The molecule has 1 nitrogen and oxygen atoms in total. The highest BCUT2D eigenvalue weighted by atomic mass is 16.5. The van der Waals surface area contributed by atoms with E-state index in [4.69, 9.17) is 4.74 Å². The topological polar surface area (TPSA) is 9.23 Å². The second-order valence-corrected chi connectivity index (χ2v) is 2.96. The zero-order valence-electron chi connectivity index (χ0n) is 6.18. The van der Waals surface area contributed by atoms with Crippen molar-refractivity contribution in [3.63, 3.8) is 0 Å². The fourth-order valence-electron chi connectivity index (χ4n) is 0.921. The molecule has 0 aromatic carbocycles. The van der Waals surface area contributed by atoms with Gasteiger partial charge in [0, 0.05) is 5.92 Å². The maximum Gasteiger partial charge on any atom is 0.0553 e. The average molecular weight is 126 g/mol. The van der Waals surface area contributed by atoms with Gasteiger partial charge >= 0.3 is 0 Å². The van der Waals surface area contributed by atoms with E-state index < -0.39 is 0 Å². The lowest BCUT2D eigenvalue weighted by atomic mass is 9.90. The van der Waals surface area contributed by atoms with Gasteiger partial charge in [-0.05, 0) is 5.92 Å². The van der Waals surface area contributed by atoms with E-state index in [2.05, 4.69) is 20.4 Å². The van der Waals surface area contributed by atoms with Gasteiger partial charge in [0.25, 0.3) is 0 Å². The first-order valence-corrected chi connectivity index (χ1v) is 3.48. The predicted molar refractivity (Wildman–Crippen MR) is 38.3 cm³/mol. The minimum Gasteiger partial charge on any atom is -0.380 e. The quantitative estimate of drug-likeness (QED) is 0.513. The van der Waals surface area contributed by atoms with Crippen molar-refractivity contribution < 1.29 is 4.74 Å². The molecule has 0 radical (unpaired) electrons. The summed E-state index contributed by atoms with van der Waals surface area (Å²) >= 11 is 0. The minimum absolute atomic E-state index is 0.624. The Labute approximate surface area is 56.7 Å². The van der Waals surface area contributed by atoms with Gasteiger partial charge in [0.2, 0.25) is 0 Å². The van der Waals surface area contributed by atoms with Crippen molar-refractivity contribution in [2.45, 2.75) is 13.8 Å². The van der Waals surface area contributed by atoms with E-state index in [9.17, 15) is 0 Å². The van der Waals surface area contributed by atoms with Crippen LogP contribution in [0.2, 0.25) is 0 Å². The first-order valence-electron chi connectivity index (χ1n) is 3.48. The summed E-state index contributed by atoms with van der Waals surface area (Å²) in [4.78, 5) is 0. The Bertz CT molecular complexity index is 112. The Morgan fingerprint density at radius 2 is 2.11 bits per heavy atom. The third-order valence-electron chi connectivity index (χ3n) is 1.90. The molecule has 1 aliphatic heterocycles. The molecule has 0 saturated carbocycles. The Kier molecular flexibility index (Phi) is 1.91. The summed E-state index contributed by atoms with van der Waals surface area (Å²) in [5, 5.41) is 0. The minimum atomic E-state index is 0.624. The van der Waals surface area contributed by atoms with Gasteiger partial charge < -0.3 is 4.74 Å². The van der Waals surface area contributed by atoms with Gasteiger partial charge in [0.15, 0.2) is 0 Å². The maximum absolute atomic E-state index is 5.05. The highest BCUT2D eigenvalue weighted by molar-refractivity contribution is 5.05. The van der Waals surface area contributed by atoms with Crippen LogP contribution in [0, 0.1) is 11.8 Å². The number of hydrogen-bond acceptors (Lipinski definition) is 1. The van der Waals surface area contributed by atoms with Crippen LogP contribution in [0.3, 0.4) is 0 Å². The lowest BCUT2D eigenvalue weighted by molar-refractivity contribution is -0.0165. The molecule has 1 saturated heterocycles. The molecule has 52 valence electrons. The van der Waals surface area contributed by atoms with E-state index >= 15 is 0 Å². The van der Waals surface area contributed by atoms with Crippen LogP contribution in [0.1, 0.15) is 13.8 Å². The number of rotatable bonds is 2. The molecular weight excluding hydrogens is 112 g/mol. The molecule has 1 aliphatic rings. The van der Waals surface area contributed by atoms with Gasteiger partial charge in [0.05, 0.1) is 13.2 Å². The van der Waals surface area contributed by atoms with Crippen molar-refractivity contribution in [1.82, 2.24) is 0 Å². The summed E-state index contributed by atoms with van der Waals surface area (Å²) in [5.74, 6) is 1.28. The van der Waals surface area contributed by atoms with Gasteiger partial charge in [-0.15, -0.1) is 0 Å². The summed E-state index contributed by atoms with van der Waals surface area (Å²) in [6.45, 7) is 10.2. The van der Waals surface area contributed by atoms with Crippen molar-refractivity contribution in [2.75, 3.05) is 13.2 Å². The number of ether oxygens (including phenoxy) is 1. The molecule has 9 heavy (non-hydrogen) atoms. The van der Waals surface area contributed by atoms with Crippen LogP contribution in [-0.2, 0) is 4.74 Å². The molecular formula is C8H14O. The first kappa shape index (κ1) is 6.81. The molecule has 0 amide bonds. The smallest absolute Gasteiger partial charge is 0.0553 e. The highest BCUT2D eigenvalue weighted by Gasteiger charge is 2.22. The molecule has 0 N–H and O–H groups in total. The largest absolute Gasteiger partial charge is 0.380 e. The second kappa shape index (κ2) is 2.53. The first-order chi connectivity index (χ1) is 4.22. The molecule has 0 aromatic heterocycles. The molecule has 0 unspecified atom stereocenters. The van der Waals surface area contributed by atoms with Gasteiger partial charge in [-0.1, -0.05) is 26.0 Å². The molecule has 1 heteroatoms. The van der Waals surface area contributed by atoms with E-state index in [1.54, 1.807) is 0 Å². The van der Waals surface area contributed by atoms with Crippen LogP contribution < -0.4 is 0 Å². The molecule has 1 rings (SSSR count). The molecule has 1 fully saturated rings. The third-order valence-corrected chi connectivity index (χ3v) is 1.90. The Hall–Kier alpha value is -0.300. The summed E-state index contributed by atoms with van der Waals surface area (Å²) in [6.07, 6.45) is 0. The van der Waals surface area contributed by atoms with Crippen LogP contribution in [0.15, 0.2) is 12.2 Å². The molecule has 0 atom stereocenters. The normalized spacial score (nSPS) is 19.9. The summed E-state index contributed by atoms with van der Waals surface area (Å²) in [6, 6.07) is 0. The van der Waals surface area contributed by atoms with Crippen LogP contribution in [0.5, 0.6) is 0 Å². The molecule has 1 heterocycles. The fraction of sp³-hybridized carbons (Fsp3) is 0.750. The van der Waals surface area contributed by atoms with E-state index in [0.717, 1.165) is 13.2 Å². The van der Waals surface area contributed by atoms with E-state index in [1.807, 2.05) is 0 Å². The van der Waals surface area contributed by atoms with E-state index in [-0.39, 0.29) is 0 Å². The van der Waals surface area contributed by atoms with Crippen LogP contribution >= 0.6 is 0 Å². The zero-order valence-corrected chi connectivity index (χ0v) is 6.18. The Morgan fingerprint density at radius 3 is 2.22 bits per heavy atom. The van der Waals surface area contributed by atoms with Crippen molar-refractivity contribution in [3.05, 3.63) is 12.2 Å². The predicted octanol–water partition coefficient (Wildman–Crippen LogP) is 1.84. The summed E-state index contributed by atoms with van der Waals surface area (Å²) in [7, 11) is 0. The highest BCUT2D eigenvalue weighted by Crippen LogP contribution is 2.24. The van der Waals surface area contributed by atoms with E-state index in [0.29, 0.717) is 11.8 Å². The van der Waals surface area contributed by atoms with Gasteiger partial charge in [-0.3, -0.25) is 0 Å². The van der Waals surface area contributed by atoms with Crippen molar-refractivity contribution >= 4 is 0 Å². The molecule has 0 bridgehead atoms. The molecule has 0 aliphatic carbocycles. The average Bonchev–Trinajstić information content (AvgIpc) is 1.60. The third kappa shape index (κ3) is 1.33. The standard InChI is InChI=1S/C8H14O/c1-6(2)7(3)8-4-9-5-8/h6,8H,3-5H2,1-2H3. The number of hydrogen-bond donors (Lipinski definition) is 0. The van der Waals surface area contributed by atoms with Gasteiger partial charge in [0.1, 0.15) is 0 Å². The lowest BCUT2D eigenvalue weighted by Crippen LogP contribution is -2.30. The van der Waals surface area contributed by atoms with Crippen LogP contribution in [0.4, 0.5) is 0 Å². The maximum atomic E-state index is 5.05. The molecule has 0 aromatic rings. The monoisotopic (exact) mass is 126 g/mol. The van der Waals surface area contributed by atoms with Gasteiger partial charge in [-0.25, -0.2) is 0 Å². The summed E-state index contributed by atoms with van der Waals surface area (Å²) in [5.41, 5.74) is 1.35. The van der Waals surface area contributed by atoms with E-state index in [1.165, 1.54) is 5.57 Å². The second-order valence-electron chi connectivity index (χ2n) is 2.96. The summed E-state index contributed by atoms with van der Waals surface area (Å²) < 4.78 is 5.05.